The summed E-state index contributed by atoms with van der Waals surface area (Å²) in [5, 5.41) is 12.4. The van der Waals surface area contributed by atoms with E-state index in [1.165, 1.54) is 43.5 Å². The molecule has 1 N–H and O–H groups in total. The molecule has 7 nitrogen and oxygen atoms in total. The zero-order chi connectivity index (χ0) is 24.0. The number of carbonyl (C=O) groups excluding carboxylic acids is 1. The second-order valence-corrected chi connectivity index (χ2v) is 8.79. The first-order valence-electron chi connectivity index (χ1n) is 9.30. The molecule has 0 unspecified atom stereocenters. The molecule has 0 spiro atoms. The van der Waals surface area contributed by atoms with Crippen LogP contribution in [0.3, 0.4) is 0 Å². The first-order chi connectivity index (χ1) is 15.8. The predicted molar refractivity (Wildman–Crippen MR) is 126 cm³/mol. The Hall–Kier alpha value is -3.51. The van der Waals surface area contributed by atoms with Crippen molar-refractivity contribution >= 4 is 51.0 Å². The Morgan fingerprint density at radius 2 is 1.73 bits per heavy atom. The average Bonchev–Trinajstić information content (AvgIpc) is 2.81. The third kappa shape index (κ3) is 5.65. The minimum absolute atomic E-state index is 0.0697. The van der Waals surface area contributed by atoms with E-state index in [0.717, 1.165) is 0 Å². The number of nitriles is 1. The molecular formula is C23H16Cl2N2O5S. The van der Waals surface area contributed by atoms with Gasteiger partial charge < -0.3 is 14.2 Å². The highest BCUT2D eigenvalue weighted by Crippen LogP contribution is 2.35. The third-order valence-electron chi connectivity index (χ3n) is 4.32. The van der Waals surface area contributed by atoms with E-state index in [1.54, 1.807) is 42.5 Å². The van der Waals surface area contributed by atoms with Gasteiger partial charge in [-0.25, -0.2) is 0 Å². The van der Waals surface area contributed by atoms with E-state index >= 15 is 0 Å². The number of hydrogen-bond donors (Lipinski definition) is 1. The average molecular weight is 503 g/mol. The molecular weight excluding hydrogens is 487 g/mol. The van der Waals surface area contributed by atoms with Crippen molar-refractivity contribution in [1.82, 2.24) is 0 Å². The Kier molecular flexibility index (Phi) is 7.61. The number of carbonyl (C=O) groups is 1. The molecule has 0 heterocycles. The summed E-state index contributed by atoms with van der Waals surface area (Å²) in [6.07, 6.45) is 1.19. The molecule has 168 valence electrons. The maximum absolute atomic E-state index is 12.8. The number of benzene rings is 3. The van der Waals surface area contributed by atoms with E-state index in [4.69, 9.17) is 32.1 Å². The highest BCUT2D eigenvalue weighted by molar-refractivity contribution is 7.87. The number of nitrogens with zero attached hydrogens (tertiary/aromatic N) is 1. The van der Waals surface area contributed by atoms with Crippen LogP contribution in [0.5, 0.6) is 11.5 Å². The summed E-state index contributed by atoms with van der Waals surface area (Å²) in [4.78, 5) is 12.6. The molecule has 1 amide bonds. The quantitative estimate of drug-likeness (QED) is 0.266. The van der Waals surface area contributed by atoms with Crippen LogP contribution in [-0.4, -0.2) is 21.4 Å². The number of halogens is 2. The van der Waals surface area contributed by atoms with Gasteiger partial charge >= 0.3 is 10.1 Å². The van der Waals surface area contributed by atoms with E-state index in [1.807, 2.05) is 0 Å². The molecule has 0 fully saturated rings. The fraction of sp³-hybridized carbons (Fsp3) is 0.0435. The van der Waals surface area contributed by atoms with Gasteiger partial charge in [0.1, 0.15) is 16.5 Å². The van der Waals surface area contributed by atoms with Crippen LogP contribution in [0.1, 0.15) is 5.56 Å². The van der Waals surface area contributed by atoms with Gasteiger partial charge in [0.25, 0.3) is 5.91 Å². The largest absolute Gasteiger partial charge is 0.493 e. The van der Waals surface area contributed by atoms with E-state index in [-0.39, 0.29) is 43.3 Å². The smallest absolute Gasteiger partial charge is 0.339 e. The van der Waals surface area contributed by atoms with Crippen molar-refractivity contribution in [2.75, 3.05) is 12.4 Å². The summed E-state index contributed by atoms with van der Waals surface area (Å²) in [6, 6.07) is 18.5. The molecule has 0 aliphatic rings. The highest BCUT2D eigenvalue weighted by Gasteiger charge is 2.22. The molecule has 0 saturated heterocycles. The molecule has 33 heavy (non-hydrogen) atoms. The summed E-state index contributed by atoms with van der Waals surface area (Å²) in [5.74, 6) is -0.856. The normalized spacial score (nSPS) is 11.4. The maximum atomic E-state index is 12.8. The fourth-order valence-electron chi connectivity index (χ4n) is 2.74. The van der Waals surface area contributed by atoms with Gasteiger partial charge in [0.05, 0.1) is 22.8 Å². The van der Waals surface area contributed by atoms with Gasteiger partial charge in [-0.15, -0.1) is 0 Å². The lowest BCUT2D eigenvalue weighted by atomic mass is 10.1. The van der Waals surface area contributed by atoms with Crippen LogP contribution < -0.4 is 14.2 Å². The number of methoxy groups -OCH3 is 1. The number of para-hydroxylation sites is 1. The minimum atomic E-state index is -4.21. The van der Waals surface area contributed by atoms with Crippen LogP contribution >= 0.6 is 23.2 Å². The van der Waals surface area contributed by atoms with Gasteiger partial charge in [0.15, 0.2) is 11.5 Å². The van der Waals surface area contributed by atoms with Crippen molar-refractivity contribution in [1.29, 1.82) is 5.26 Å². The van der Waals surface area contributed by atoms with Crippen molar-refractivity contribution in [3.8, 4) is 17.6 Å². The van der Waals surface area contributed by atoms with Crippen LogP contribution in [0.4, 0.5) is 5.69 Å². The highest BCUT2D eigenvalue weighted by atomic mass is 35.5. The predicted octanol–water partition coefficient (Wildman–Crippen LogP) is 5.32. The molecule has 0 saturated carbocycles. The molecule has 3 rings (SSSR count). The topological polar surface area (TPSA) is 105 Å². The molecule has 0 bridgehead atoms. The minimum Gasteiger partial charge on any atom is -0.493 e. The Labute approximate surface area is 200 Å². The molecule has 3 aromatic rings. The summed E-state index contributed by atoms with van der Waals surface area (Å²) < 4.78 is 36.1. The lowest BCUT2D eigenvalue weighted by Gasteiger charge is -2.13. The van der Waals surface area contributed by atoms with Gasteiger partial charge in [0, 0.05) is 5.56 Å². The Bertz CT molecular complexity index is 1370. The molecule has 0 aromatic heterocycles. The van der Waals surface area contributed by atoms with E-state index in [9.17, 15) is 18.5 Å². The van der Waals surface area contributed by atoms with Gasteiger partial charge in [-0.05, 0) is 36.4 Å². The zero-order valence-corrected chi connectivity index (χ0v) is 19.4. The molecule has 3 aromatic carbocycles. The van der Waals surface area contributed by atoms with Gasteiger partial charge in [-0.1, -0.05) is 59.6 Å². The summed E-state index contributed by atoms with van der Waals surface area (Å²) in [6.45, 7) is 0. The number of rotatable bonds is 7. The van der Waals surface area contributed by atoms with Crippen molar-refractivity contribution in [3.05, 3.63) is 87.9 Å². The Morgan fingerprint density at radius 1 is 1.03 bits per heavy atom. The van der Waals surface area contributed by atoms with Crippen molar-refractivity contribution in [2.24, 2.45) is 0 Å². The first-order valence-corrected chi connectivity index (χ1v) is 11.5. The number of ether oxygens (including phenoxy) is 1. The molecule has 0 aliphatic heterocycles. The van der Waals surface area contributed by atoms with Crippen LogP contribution in [0, 0.1) is 11.3 Å². The number of amides is 1. The van der Waals surface area contributed by atoms with E-state index in [2.05, 4.69) is 5.32 Å². The SMILES string of the molecule is COc1cccc(/C=C(\C#N)C(=O)Nc2cccc(Cl)c2Cl)c1OS(=O)(=O)c1ccccc1. The van der Waals surface area contributed by atoms with Crippen LogP contribution in [-0.2, 0) is 14.9 Å². The lowest BCUT2D eigenvalue weighted by molar-refractivity contribution is -0.112. The summed E-state index contributed by atoms with van der Waals surface area (Å²) in [5.41, 5.74) is 0.0167. The number of anilines is 1. The molecule has 0 aliphatic carbocycles. The van der Waals surface area contributed by atoms with Crippen molar-refractivity contribution in [3.63, 3.8) is 0 Å². The van der Waals surface area contributed by atoms with Gasteiger partial charge in [-0.2, -0.15) is 13.7 Å². The van der Waals surface area contributed by atoms with Gasteiger partial charge in [-0.3, -0.25) is 4.79 Å². The first kappa shape index (κ1) is 24.1. The Balaban J connectivity index is 2.00. The van der Waals surface area contributed by atoms with Crippen molar-refractivity contribution in [2.45, 2.75) is 4.90 Å². The van der Waals surface area contributed by atoms with Crippen LogP contribution in [0.25, 0.3) is 6.08 Å². The number of hydrogen-bond acceptors (Lipinski definition) is 6. The molecule has 10 heteroatoms. The van der Waals surface area contributed by atoms with Gasteiger partial charge in [0.2, 0.25) is 0 Å². The second kappa shape index (κ2) is 10.4. The van der Waals surface area contributed by atoms with E-state index in [0.29, 0.717) is 0 Å². The molecule has 0 radical (unpaired) electrons. The Morgan fingerprint density at radius 3 is 2.39 bits per heavy atom. The zero-order valence-electron chi connectivity index (χ0n) is 17.1. The standard InChI is InChI=1S/C23H16Cl2N2O5S/c1-31-20-12-5-7-15(22(20)32-33(29,30)17-8-3-2-4-9-17)13-16(14-26)23(28)27-19-11-6-10-18(24)21(19)25/h2-13H,1H3,(H,27,28)/b16-13+. The fourth-order valence-corrected chi connectivity index (χ4v) is 4.07. The summed E-state index contributed by atoms with van der Waals surface area (Å²) in [7, 11) is -2.88. The second-order valence-electron chi connectivity index (χ2n) is 6.45. The lowest BCUT2D eigenvalue weighted by Crippen LogP contribution is -2.14. The third-order valence-corrected chi connectivity index (χ3v) is 6.37. The van der Waals surface area contributed by atoms with Crippen molar-refractivity contribution < 1.29 is 22.1 Å². The number of nitrogens with one attached hydrogen (secondary N) is 1. The monoisotopic (exact) mass is 502 g/mol. The molecule has 0 atom stereocenters. The van der Waals surface area contributed by atoms with Crippen LogP contribution in [0.2, 0.25) is 10.0 Å². The summed E-state index contributed by atoms with van der Waals surface area (Å²) >= 11 is 12.0. The van der Waals surface area contributed by atoms with E-state index < -0.39 is 16.0 Å². The van der Waals surface area contributed by atoms with Crippen LogP contribution in [0.15, 0.2) is 77.2 Å². The maximum Gasteiger partial charge on any atom is 0.339 e.